The summed E-state index contributed by atoms with van der Waals surface area (Å²) in [5, 5.41) is 11.0. The van der Waals surface area contributed by atoms with E-state index in [4.69, 9.17) is 5.26 Å². The summed E-state index contributed by atoms with van der Waals surface area (Å²) in [5.74, 6) is 1.90. The van der Waals surface area contributed by atoms with Crippen molar-refractivity contribution in [1.29, 1.82) is 5.26 Å². The summed E-state index contributed by atoms with van der Waals surface area (Å²) in [6, 6.07) is 1.99. The van der Waals surface area contributed by atoms with Crippen LogP contribution in [-0.4, -0.2) is 24.0 Å². The Morgan fingerprint density at radius 2 is 2.62 bits per heavy atom. The Morgan fingerprint density at radius 1 is 1.77 bits per heavy atom. The minimum Gasteiger partial charge on any atom is -0.351 e. The van der Waals surface area contributed by atoms with E-state index < -0.39 is 0 Å². The van der Waals surface area contributed by atoms with E-state index in [1.807, 2.05) is 12.1 Å². The molecule has 70 valence electrons. The summed E-state index contributed by atoms with van der Waals surface area (Å²) >= 11 is 1.78. The van der Waals surface area contributed by atoms with Crippen molar-refractivity contribution in [3.63, 3.8) is 0 Å². The van der Waals surface area contributed by atoms with Gasteiger partial charge in [0, 0.05) is 17.9 Å². The standard InChI is InChI=1S/C9H12N2OS/c10-4-2-5-11-9(12)8-3-1-6-13-7-8/h3H,1-2,5-7H2,(H,11,12). The molecule has 1 amide bonds. The first-order valence-corrected chi connectivity index (χ1v) is 5.42. The van der Waals surface area contributed by atoms with Crippen LogP contribution in [0.5, 0.6) is 0 Å². The first-order chi connectivity index (χ1) is 6.34. The Labute approximate surface area is 82.2 Å². The van der Waals surface area contributed by atoms with Crippen LogP contribution >= 0.6 is 11.8 Å². The molecule has 1 rings (SSSR count). The van der Waals surface area contributed by atoms with Crippen LogP contribution in [0.4, 0.5) is 0 Å². The van der Waals surface area contributed by atoms with Crippen molar-refractivity contribution in [3.8, 4) is 6.07 Å². The molecular weight excluding hydrogens is 184 g/mol. The third kappa shape index (κ3) is 3.51. The number of thioether (sulfide) groups is 1. The fourth-order valence-electron chi connectivity index (χ4n) is 1.06. The van der Waals surface area contributed by atoms with E-state index in [-0.39, 0.29) is 5.91 Å². The molecule has 0 saturated carbocycles. The highest BCUT2D eigenvalue weighted by Crippen LogP contribution is 2.16. The molecule has 3 nitrogen and oxygen atoms in total. The first-order valence-electron chi connectivity index (χ1n) is 4.26. The average Bonchev–Trinajstić information content (AvgIpc) is 2.19. The lowest BCUT2D eigenvalue weighted by Crippen LogP contribution is -2.27. The number of hydrogen-bond donors (Lipinski definition) is 1. The van der Waals surface area contributed by atoms with Crippen molar-refractivity contribution < 1.29 is 4.79 Å². The molecule has 0 aromatic rings. The fourth-order valence-corrected chi connectivity index (χ4v) is 1.96. The van der Waals surface area contributed by atoms with E-state index >= 15 is 0 Å². The Bertz CT molecular complexity index is 255. The van der Waals surface area contributed by atoms with Crippen LogP contribution in [0, 0.1) is 11.3 Å². The summed E-state index contributed by atoms with van der Waals surface area (Å²) < 4.78 is 0. The minimum atomic E-state index is -0.0116. The number of rotatable bonds is 3. The maximum atomic E-state index is 11.4. The third-order valence-corrected chi connectivity index (χ3v) is 2.76. The number of nitriles is 1. The van der Waals surface area contributed by atoms with Crippen molar-refractivity contribution in [2.45, 2.75) is 12.8 Å². The van der Waals surface area contributed by atoms with Gasteiger partial charge < -0.3 is 5.32 Å². The lowest BCUT2D eigenvalue weighted by Gasteiger charge is -2.11. The number of nitrogens with one attached hydrogen (secondary N) is 1. The molecule has 0 unspecified atom stereocenters. The fraction of sp³-hybridized carbons (Fsp3) is 0.556. The molecule has 0 fully saturated rings. The van der Waals surface area contributed by atoms with E-state index in [0.29, 0.717) is 13.0 Å². The number of nitrogens with zero attached hydrogens (tertiary/aromatic N) is 1. The van der Waals surface area contributed by atoms with E-state index in [1.165, 1.54) is 0 Å². The Hall–Kier alpha value is -0.950. The van der Waals surface area contributed by atoms with Crippen molar-refractivity contribution in [1.82, 2.24) is 5.32 Å². The normalized spacial score (nSPS) is 15.8. The van der Waals surface area contributed by atoms with Crippen LogP contribution in [0.3, 0.4) is 0 Å². The highest BCUT2D eigenvalue weighted by molar-refractivity contribution is 7.99. The van der Waals surface area contributed by atoms with Crippen LogP contribution in [0.2, 0.25) is 0 Å². The van der Waals surface area contributed by atoms with Gasteiger partial charge in [0.15, 0.2) is 0 Å². The Kier molecular flexibility index (Phi) is 4.41. The van der Waals surface area contributed by atoms with Gasteiger partial charge in [-0.1, -0.05) is 6.08 Å². The molecule has 0 atom stereocenters. The van der Waals surface area contributed by atoms with Gasteiger partial charge in [-0.25, -0.2) is 0 Å². The van der Waals surface area contributed by atoms with Crippen LogP contribution in [0.25, 0.3) is 0 Å². The topological polar surface area (TPSA) is 52.9 Å². The third-order valence-electron chi connectivity index (χ3n) is 1.72. The van der Waals surface area contributed by atoms with Crippen LogP contribution in [-0.2, 0) is 4.79 Å². The predicted molar refractivity (Wildman–Crippen MR) is 53.3 cm³/mol. The van der Waals surface area contributed by atoms with Crippen LogP contribution < -0.4 is 5.32 Å². The summed E-state index contributed by atoms with van der Waals surface area (Å²) in [5.41, 5.74) is 0.856. The van der Waals surface area contributed by atoms with Crippen LogP contribution in [0.1, 0.15) is 12.8 Å². The van der Waals surface area contributed by atoms with Gasteiger partial charge in [-0.05, 0) is 12.2 Å². The van der Waals surface area contributed by atoms with Gasteiger partial charge in [-0.3, -0.25) is 4.79 Å². The second kappa shape index (κ2) is 5.65. The second-order valence-electron chi connectivity index (χ2n) is 2.73. The largest absolute Gasteiger partial charge is 0.351 e. The zero-order valence-electron chi connectivity index (χ0n) is 7.38. The van der Waals surface area contributed by atoms with Gasteiger partial charge in [-0.15, -0.1) is 0 Å². The Morgan fingerprint density at radius 3 is 3.23 bits per heavy atom. The maximum Gasteiger partial charge on any atom is 0.247 e. The first kappa shape index (κ1) is 10.1. The van der Waals surface area contributed by atoms with Gasteiger partial charge in [0.1, 0.15) is 0 Å². The summed E-state index contributed by atoms with van der Waals surface area (Å²) in [7, 11) is 0. The van der Waals surface area contributed by atoms with Crippen LogP contribution in [0.15, 0.2) is 11.6 Å². The molecule has 4 heteroatoms. The summed E-state index contributed by atoms with van der Waals surface area (Å²) in [6.45, 7) is 0.456. The zero-order valence-corrected chi connectivity index (χ0v) is 8.19. The van der Waals surface area contributed by atoms with Gasteiger partial charge >= 0.3 is 0 Å². The van der Waals surface area contributed by atoms with E-state index in [2.05, 4.69) is 5.32 Å². The SMILES string of the molecule is N#CCCNC(=O)C1=CCCSC1. The molecule has 1 aliphatic heterocycles. The number of carbonyl (C=O) groups is 1. The summed E-state index contributed by atoms with van der Waals surface area (Å²) in [4.78, 5) is 11.4. The molecule has 0 aromatic heterocycles. The minimum absolute atomic E-state index is 0.0116. The summed E-state index contributed by atoms with van der Waals surface area (Å²) in [6.07, 6.45) is 3.34. The van der Waals surface area contributed by atoms with E-state index in [0.717, 1.165) is 23.5 Å². The molecule has 1 heterocycles. The smallest absolute Gasteiger partial charge is 0.247 e. The van der Waals surface area contributed by atoms with Gasteiger partial charge in [0.2, 0.25) is 5.91 Å². The molecule has 1 N–H and O–H groups in total. The number of hydrogen-bond acceptors (Lipinski definition) is 3. The molecule has 1 aliphatic rings. The average molecular weight is 196 g/mol. The predicted octanol–water partition coefficient (Wildman–Crippen LogP) is 1.08. The molecular formula is C9H12N2OS. The number of amides is 1. The number of carbonyl (C=O) groups excluding carboxylic acids is 1. The lowest BCUT2D eigenvalue weighted by molar-refractivity contribution is -0.117. The highest BCUT2D eigenvalue weighted by Gasteiger charge is 2.11. The van der Waals surface area contributed by atoms with Crippen molar-refractivity contribution in [2.24, 2.45) is 0 Å². The maximum absolute atomic E-state index is 11.4. The zero-order chi connectivity index (χ0) is 9.52. The molecule has 0 radical (unpaired) electrons. The molecule has 0 aliphatic carbocycles. The number of allylic oxidation sites excluding steroid dienone is 1. The quantitative estimate of drug-likeness (QED) is 0.687. The van der Waals surface area contributed by atoms with Gasteiger partial charge in [0.25, 0.3) is 0 Å². The monoisotopic (exact) mass is 196 g/mol. The lowest BCUT2D eigenvalue weighted by atomic mass is 10.2. The Balaban J connectivity index is 2.30. The molecule has 0 aromatic carbocycles. The van der Waals surface area contributed by atoms with Gasteiger partial charge in [-0.2, -0.15) is 17.0 Å². The molecule has 0 saturated heterocycles. The van der Waals surface area contributed by atoms with Crippen molar-refractivity contribution in [2.75, 3.05) is 18.1 Å². The molecule has 0 bridgehead atoms. The van der Waals surface area contributed by atoms with E-state index in [9.17, 15) is 4.79 Å². The van der Waals surface area contributed by atoms with Crippen molar-refractivity contribution in [3.05, 3.63) is 11.6 Å². The molecule has 13 heavy (non-hydrogen) atoms. The van der Waals surface area contributed by atoms with Crippen molar-refractivity contribution >= 4 is 17.7 Å². The van der Waals surface area contributed by atoms with Gasteiger partial charge in [0.05, 0.1) is 12.5 Å². The molecule has 0 spiro atoms. The second-order valence-corrected chi connectivity index (χ2v) is 3.84. The van der Waals surface area contributed by atoms with E-state index in [1.54, 1.807) is 11.8 Å². The highest BCUT2D eigenvalue weighted by atomic mass is 32.2.